The number of hydrogen-bond acceptors (Lipinski definition) is 6. The van der Waals surface area contributed by atoms with E-state index >= 15 is 0 Å². The second kappa shape index (κ2) is 12.4. The molecule has 0 radical (unpaired) electrons. The molecule has 0 saturated heterocycles. The lowest BCUT2D eigenvalue weighted by Gasteiger charge is -2.37. The summed E-state index contributed by atoms with van der Waals surface area (Å²) in [6, 6.07) is 17.3. The lowest BCUT2D eigenvalue weighted by atomic mass is 9.95. The first kappa shape index (κ1) is 28.9. The summed E-state index contributed by atoms with van der Waals surface area (Å²) < 4.78 is 27.7. The van der Waals surface area contributed by atoms with Gasteiger partial charge in [0.25, 0.3) is 5.91 Å². The van der Waals surface area contributed by atoms with Crippen molar-refractivity contribution < 1.29 is 27.9 Å². The monoisotopic (exact) mass is 564 g/mol. The van der Waals surface area contributed by atoms with Crippen LogP contribution in [0.25, 0.3) is 0 Å². The van der Waals surface area contributed by atoms with E-state index in [1.807, 2.05) is 0 Å². The van der Waals surface area contributed by atoms with Crippen LogP contribution in [0.3, 0.4) is 0 Å². The fourth-order valence-corrected chi connectivity index (χ4v) is 6.56. The molecule has 11 heteroatoms. The highest BCUT2D eigenvalue weighted by atomic mass is 32.2. The molecule has 1 saturated carbocycles. The van der Waals surface area contributed by atoms with Crippen LogP contribution in [0, 0.1) is 0 Å². The van der Waals surface area contributed by atoms with Gasteiger partial charge in [0.15, 0.2) is 0 Å². The van der Waals surface area contributed by atoms with Crippen molar-refractivity contribution >= 4 is 33.5 Å². The molecule has 210 valence electrons. The Bertz CT molecular complexity index is 1440. The summed E-state index contributed by atoms with van der Waals surface area (Å²) in [4.78, 5) is 42.0. The normalized spacial score (nSPS) is 15.3. The Morgan fingerprint density at radius 2 is 1.57 bits per heavy atom. The average molecular weight is 565 g/mol. The topological polar surface area (TPSA) is 146 Å². The second-order valence-corrected chi connectivity index (χ2v) is 11.9. The molecule has 3 aromatic rings. The smallest absolute Gasteiger partial charge is 0.326 e. The first-order valence-corrected chi connectivity index (χ1v) is 14.6. The number of aliphatic carboxylic acids is 1. The molecule has 0 bridgehead atoms. The number of rotatable bonds is 11. The summed E-state index contributed by atoms with van der Waals surface area (Å²) in [6.45, 7) is 0. The summed E-state index contributed by atoms with van der Waals surface area (Å²) in [5.41, 5.74) is 0.843. The zero-order chi connectivity index (χ0) is 28.8. The number of aromatic nitrogens is 1. The fourth-order valence-electron chi connectivity index (χ4n) is 4.95. The largest absolute Gasteiger partial charge is 0.480 e. The SMILES string of the molecule is CN(C1(C(=O)N[C@@H](Cc2ccc(NC(=O)c3ccncc3)cc2)C(=O)O)CCCC1)S(=O)(=O)Cc1ccccc1. The number of anilines is 1. The molecule has 1 fully saturated rings. The quantitative estimate of drug-likeness (QED) is 0.324. The highest BCUT2D eigenvalue weighted by Gasteiger charge is 2.49. The predicted molar refractivity (Wildman–Crippen MR) is 150 cm³/mol. The molecular formula is C29H32N4O6S. The molecule has 1 heterocycles. The Morgan fingerprint density at radius 3 is 2.17 bits per heavy atom. The Kier molecular flexibility index (Phi) is 8.96. The Balaban J connectivity index is 1.45. The minimum atomic E-state index is -3.86. The van der Waals surface area contributed by atoms with Crippen molar-refractivity contribution in [2.75, 3.05) is 12.4 Å². The maximum absolute atomic E-state index is 13.6. The van der Waals surface area contributed by atoms with E-state index in [4.69, 9.17) is 0 Å². The Morgan fingerprint density at radius 1 is 0.950 bits per heavy atom. The number of carbonyl (C=O) groups excluding carboxylic acids is 2. The van der Waals surface area contributed by atoms with Crippen LogP contribution in [0.5, 0.6) is 0 Å². The lowest BCUT2D eigenvalue weighted by Crippen LogP contribution is -2.60. The molecular weight excluding hydrogens is 532 g/mol. The zero-order valence-corrected chi connectivity index (χ0v) is 22.9. The van der Waals surface area contributed by atoms with E-state index in [0.29, 0.717) is 48.1 Å². The van der Waals surface area contributed by atoms with Crippen molar-refractivity contribution in [1.29, 1.82) is 0 Å². The number of carboxylic acids is 1. The number of nitrogens with one attached hydrogen (secondary N) is 2. The van der Waals surface area contributed by atoms with Gasteiger partial charge < -0.3 is 15.7 Å². The molecule has 10 nitrogen and oxygen atoms in total. The maximum Gasteiger partial charge on any atom is 0.326 e. The van der Waals surface area contributed by atoms with E-state index < -0.39 is 33.5 Å². The van der Waals surface area contributed by atoms with Gasteiger partial charge in [0.05, 0.1) is 5.75 Å². The molecule has 1 aliphatic rings. The van der Waals surface area contributed by atoms with Crippen molar-refractivity contribution in [2.24, 2.45) is 0 Å². The summed E-state index contributed by atoms with van der Waals surface area (Å²) in [6.07, 6.45) is 4.94. The third-order valence-electron chi connectivity index (χ3n) is 7.26. The molecule has 3 N–H and O–H groups in total. The van der Waals surface area contributed by atoms with Crippen LogP contribution in [0.4, 0.5) is 5.69 Å². The second-order valence-electron chi connectivity index (χ2n) is 9.90. The van der Waals surface area contributed by atoms with Crippen LogP contribution in [-0.4, -0.2) is 59.2 Å². The standard InChI is InChI=1S/C29H32N4O6S/c1-33(40(38,39)20-22-7-3-2-4-8-22)29(15-5-6-16-29)28(37)32-25(27(35)36)19-21-9-11-24(12-10-21)31-26(34)23-13-17-30-18-14-23/h2-4,7-14,17-18,25H,5-6,15-16,19-20H2,1H3,(H,31,34)(H,32,37)(H,35,36)/t25-/m0/s1. The van der Waals surface area contributed by atoms with E-state index in [-0.39, 0.29) is 18.1 Å². The van der Waals surface area contributed by atoms with Crippen molar-refractivity contribution in [3.63, 3.8) is 0 Å². The number of likely N-dealkylation sites (N-methyl/N-ethyl adjacent to an activating group) is 1. The fraction of sp³-hybridized carbons (Fsp3) is 0.310. The van der Waals surface area contributed by atoms with Crippen LogP contribution in [0.1, 0.15) is 47.2 Å². The van der Waals surface area contributed by atoms with E-state index in [0.717, 1.165) is 4.31 Å². The number of hydrogen-bond donors (Lipinski definition) is 3. The highest BCUT2D eigenvalue weighted by Crippen LogP contribution is 2.37. The van der Waals surface area contributed by atoms with Gasteiger partial charge in [-0.2, -0.15) is 4.31 Å². The van der Waals surface area contributed by atoms with Crippen LogP contribution < -0.4 is 10.6 Å². The number of nitrogens with zero attached hydrogens (tertiary/aromatic N) is 2. The summed E-state index contributed by atoms with van der Waals surface area (Å²) >= 11 is 0. The highest BCUT2D eigenvalue weighted by molar-refractivity contribution is 7.88. The van der Waals surface area contributed by atoms with Gasteiger partial charge >= 0.3 is 5.97 Å². The van der Waals surface area contributed by atoms with Crippen molar-refractivity contribution in [2.45, 2.75) is 49.4 Å². The average Bonchev–Trinajstić information content (AvgIpc) is 3.45. The first-order valence-electron chi connectivity index (χ1n) is 13.0. The van der Waals surface area contributed by atoms with Crippen LogP contribution >= 0.6 is 0 Å². The maximum atomic E-state index is 13.6. The minimum absolute atomic E-state index is 0.0176. The number of amides is 2. The number of carboxylic acid groups (broad SMARTS) is 1. The molecule has 2 aromatic carbocycles. The molecule has 4 rings (SSSR count). The molecule has 40 heavy (non-hydrogen) atoms. The van der Waals surface area contributed by atoms with Gasteiger partial charge in [-0.25, -0.2) is 13.2 Å². The van der Waals surface area contributed by atoms with Gasteiger partial charge in [0.1, 0.15) is 11.6 Å². The molecule has 1 atom stereocenters. The van der Waals surface area contributed by atoms with Crippen LogP contribution in [-0.2, 0) is 31.8 Å². The minimum Gasteiger partial charge on any atom is -0.480 e. The van der Waals surface area contributed by atoms with Crippen LogP contribution in [0.15, 0.2) is 79.1 Å². The molecule has 2 amide bonds. The molecule has 0 spiro atoms. The van der Waals surface area contributed by atoms with E-state index in [9.17, 15) is 27.9 Å². The van der Waals surface area contributed by atoms with Gasteiger partial charge in [-0.3, -0.25) is 14.6 Å². The van der Waals surface area contributed by atoms with Gasteiger partial charge in [0, 0.05) is 37.1 Å². The van der Waals surface area contributed by atoms with Crippen molar-refractivity contribution in [3.05, 3.63) is 95.8 Å². The van der Waals surface area contributed by atoms with Gasteiger partial charge in [-0.05, 0) is 48.2 Å². The number of sulfonamides is 1. The van der Waals surface area contributed by atoms with Gasteiger partial charge in [-0.15, -0.1) is 0 Å². The summed E-state index contributed by atoms with van der Waals surface area (Å²) in [7, 11) is -2.46. The molecule has 0 aliphatic heterocycles. The molecule has 0 unspecified atom stereocenters. The van der Waals surface area contributed by atoms with Gasteiger partial charge in [0.2, 0.25) is 15.9 Å². The van der Waals surface area contributed by atoms with E-state index in [1.54, 1.807) is 66.7 Å². The van der Waals surface area contributed by atoms with Crippen LogP contribution in [0.2, 0.25) is 0 Å². The third kappa shape index (κ3) is 6.72. The van der Waals surface area contributed by atoms with Gasteiger partial charge in [-0.1, -0.05) is 55.3 Å². The summed E-state index contributed by atoms with van der Waals surface area (Å²) in [5.74, 6) is -2.41. The van der Waals surface area contributed by atoms with E-state index in [1.165, 1.54) is 19.4 Å². The Hall–Kier alpha value is -4.09. The third-order valence-corrected chi connectivity index (χ3v) is 9.14. The summed E-state index contributed by atoms with van der Waals surface area (Å²) in [5, 5.41) is 15.3. The predicted octanol–water partition coefficient (Wildman–Crippen LogP) is 3.22. The number of carbonyl (C=O) groups is 3. The lowest BCUT2D eigenvalue weighted by molar-refractivity contribution is -0.143. The number of benzene rings is 2. The zero-order valence-electron chi connectivity index (χ0n) is 22.1. The van der Waals surface area contributed by atoms with Crippen molar-refractivity contribution in [1.82, 2.24) is 14.6 Å². The molecule has 1 aliphatic carbocycles. The Labute approximate surface area is 233 Å². The van der Waals surface area contributed by atoms with Crippen molar-refractivity contribution in [3.8, 4) is 0 Å². The number of pyridine rings is 1. The van der Waals surface area contributed by atoms with E-state index in [2.05, 4.69) is 15.6 Å². The molecule has 1 aromatic heterocycles. The first-order chi connectivity index (χ1) is 19.1.